The van der Waals surface area contributed by atoms with E-state index in [4.69, 9.17) is 11.6 Å². The van der Waals surface area contributed by atoms with E-state index < -0.39 is 0 Å². The first-order valence-electron chi connectivity index (χ1n) is 8.88. The SMILES string of the molecule is Cn1c2c(c3cc(F)ccc31)CCCC2NCCc1ccc(Cl)cc1. The fourth-order valence-corrected chi connectivity index (χ4v) is 4.21. The highest BCUT2D eigenvalue weighted by Gasteiger charge is 2.26. The third-order valence-corrected chi connectivity index (χ3v) is 5.53. The number of halogens is 2. The van der Waals surface area contributed by atoms with Crippen LogP contribution in [0.3, 0.4) is 0 Å². The van der Waals surface area contributed by atoms with Gasteiger partial charge >= 0.3 is 0 Å². The molecule has 130 valence electrons. The molecule has 0 spiro atoms. The lowest BCUT2D eigenvalue weighted by Gasteiger charge is -2.26. The number of aromatic nitrogens is 1. The molecule has 1 heterocycles. The maximum atomic E-state index is 13.7. The minimum Gasteiger partial charge on any atom is -0.346 e. The zero-order valence-electron chi connectivity index (χ0n) is 14.4. The van der Waals surface area contributed by atoms with Gasteiger partial charge in [-0.1, -0.05) is 23.7 Å². The highest BCUT2D eigenvalue weighted by Crippen LogP contribution is 2.37. The van der Waals surface area contributed by atoms with E-state index in [1.807, 2.05) is 18.2 Å². The van der Waals surface area contributed by atoms with Crippen LogP contribution in [-0.4, -0.2) is 11.1 Å². The van der Waals surface area contributed by atoms with Gasteiger partial charge in [0, 0.05) is 34.7 Å². The number of fused-ring (bicyclic) bond motifs is 3. The number of benzene rings is 2. The highest BCUT2D eigenvalue weighted by atomic mass is 35.5. The molecule has 25 heavy (non-hydrogen) atoms. The molecule has 4 rings (SSSR count). The predicted molar refractivity (Wildman–Crippen MR) is 102 cm³/mol. The van der Waals surface area contributed by atoms with Gasteiger partial charge in [0.2, 0.25) is 0 Å². The molecule has 0 fully saturated rings. The number of nitrogens with one attached hydrogen (secondary N) is 1. The molecule has 1 atom stereocenters. The Balaban J connectivity index is 1.55. The molecule has 4 heteroatoms. The Labute approximate surface area is 152 Å². The van der Waals surface area contributed by atoms with Gasteiger partial charge in [0.05, 0.1) is 0 Å². The van der Waals surface area contributed by atoms with Crippen LogP contribution >= 0.6 is 11.6 Å². The minimum atomic E-state index is -0.154. The van der Waals surface area contributed by atoms with Crippen LogP contribution in [0.2, 0.25) is 5.02 Å². The third-order valence-electron chi connectivity index (χ3n) is 5.28. The fourth-order valence-electron chi connectivity index (χ4n) is 4.08. The summed E-state index contributed by atoms with van der Waals surface area (Å²) in [7, 11) is 2.10. The van der Waals surface area contributed by atoms with Crippen LogP contribution in [0, 0.1) is 5.82 Å². The van der Waals surface area contributed by atoms with E-state index >= 15 is 0 Å². The number of hydrogen-bond donors (Lipinski definition) is 1. The Kier molecular flexibility index (Phi) is 4.53. The molecule has 1 aliphatic rings. The molecule has 2 nitrogen and oxygen atoms in total. The smallest absolute Gasteiger partial charge is 0.123 e. The summed E-state index contributed by atoms with van der Waals surface area (Å²) in [4.78, 5) is 0. The average molecular weight is 357 g/mol. The second-order valence-electron chi connectivity index (χ2n) is 6.86. The molecule has 0 amide bonds. The molecular formula is C21H22ClFN2. The third kappa shape index (κ3) is 3.19. The van der Waals surface area contributed by atoms with Crippen molar-refractivity contribution >= 4 is 22.5 Å². The summed E-state index contributed by atoms with van der Waals surface area (Å²) in [6, 6.07) is 13.5. The molecule has 2 aromatic carbocycles. The lowest BCUT2D eigenvalue weighted by atomic mass is 9.91. The summed E-state index contributed by atoms with van der Waals surface area (Å²) in [5.74, 6) is -0.154. The van der Waals surface area contributed by atoms with Crippen LogP contribution in [0.25, 0.3) is 10.9 Å². The number of rotatable bonds is 4. The molecule has 1 aromatic heterocycles. The Morgan fingerprint density at radius 2 is 2.00 bits per heavy atom. The lowest BCUT2D eigenvalue weighted by molar-refractivity contribution is 0.444. The van der Waals surface area contributed by atoms with Gasteiger partial charge in [-0.3, -0.25) is 0 Å². The summed E-state index contributed by atoms with van der Waals surface area (Å²) in [5.41, 5.74) is 5.04. The van der Waals surface area contributed by atoms with Crippen LogP contribution < -0.4 is 5.32 Å². The first kappa shape index (κ1) is 16.6. The topological polar surface area (TPSA) is 17.0 Å². The maximum Gasteiger partial charge on any atom is 0.123 e. The van der Waals surface area contributed by atoms with Crippen molar-refractivity contribution < 1.29 is 4.39 Å². The molecule has 1 unspecified atom stereocenters. The van der Waals surface area contributed by atoms with Crippen molar-refractivity contribution in [2.45, 2.75) is 31.7 Å². The summed E-state index contributed by atoms with van der Waals surface area (Å²) in [6.07, 6.45) is 4.27. The molecule has 0 bridgehead atoms. The molecule has 0 aliphatic heterocycles. The Bertz CT molecular complexity index is 898. The largest absolute Gasteiger partial charge is 0.346 e. The first-order chi connectivity index (χ1) is 12.1. The minimum absolute atomic E-state index is 0.154. The lowest BCUT2D eigenvalue weighted by Crippen LogP contribution is -2.28. The van der Waals surface area contributed by atoms with Gasteiger partial charge in [-0.2, -0.15) is 0 Å². The maximum absolute atomic E-state index is 13.7. The molecule has 0 saturated heterocycles. The van der Waals surface area contributed by atoms with Gasteiger partial charge in [0.1, 0.15) is 5.82 Å². The normalized spacial score (nSPS) is 17.0. The summed E-state index contributed by atoms with van der Waals surface area (Å²) >= 11 is 5.95. The molecule has 0 radical (unpaired) electrons. The van der Waals surface area contributed by atoms with Crippen molar-refractivity contribution in [1.82, 2.24) is 9.88 Å². The summed E-state index contributed by atoms with van der Waals surface area (Å²) in [5, 5.41) is 5.56. The van der Waals surface area contributed by atoms with Gasteiger partial charge in [-0.15, -0.1) is 0 Å². The van der Waals surface area contributed by atoms with Crippen molar-refractivity contribution in [2.24, 2.45) is 7.05 Å². The Morgan fingerprint density at radius 3 is 2.80 bits per heavy atom. The first-order valence-corrected chi connectivity index (χ1v) is 9.26. The average Bonchev–Trinajstić information content (AvgIpc) is 2.90. The zero-order chi connectivity index (χ0) is 17.4. The van der Waals surface area contributed by atoms with Gasteiger partial charge in [-0.25, -0.2) is 4.39 Å². The van der Waals surface area contributed by atoms with Gasteiger partial charge in [-0.05, 0) is 73.7 Å². The molecule has 1 aliphatic carbocycles. The van der Waals surface area contributed by atoms with Crippen LogP contribution in [0.5, 0.6) is 0 Å². The Morgan fingerprint density at radius 1 is 1.20 bits per heavy atom. The number of hydrogen-bond acceptors (Lipinski definition) is 1. The van der Waals surface area contributed by atoms with Gasteiger partial charge in [0.25, 0.3) is 0 Å². The molecule has 3 aromatic rings. The van der Waals surface area contributed by atoms with E-state index in [0.717, 1.165) is 48.2 Å². The standard InChI is InChI=1S/C21H22ClFN2/c1-25-20-10-9-16(23)13-18(20)17-3-2-4-19(21(17)25)24-12-11-14-5-7-15(22)8-6-14/h5-10,13,19,24H,2-4,11-12H2,1H3. The van der Waals surface area contributed by atoms with Gasteiger partial charge in [0.15, 0.2) is 0 Å². The second kappa shape index (κ2) is 6.81. The van der Waals surface area contributed by atoms with E-state index in [1.54, 1.807) is 12.1 Å². The van der Waals surface area contributed by atoms with Crippen LogP contribution in [0.15, 0.2) is 42.5 Å². The van der Waals surface area contributed by atoms with Crippen molar-refractivity contribution in [2.75, 3.05) is 6.54 Å². The fraction of sp³-hybridized carbons (Fsp3) is 0.333. The molecule has 0 saturated carbocycles. The quantitative estimate of drug-likeness (QED) is 0.681. The van der Waals surface area contributed by atoms with Crippen LogP contribution in [0.4, 0.5) is 4.39 Å². The zero-order valence-corrected chi connectivity index (χ0v) is 15.1. The van der Waals surface area contributed by atoms with Crippen molar-refractivity contribution in [3.8, 4) is 0 Å². The monoisotopic (exact) mass is 356 g/mol. The van der Waals surface area contributed by atoms with Crippen molar-refractivity contribution in [3.05, 3.63) is 70.1 Å². The number of nitrogens with zero attached hydrogens (tertiary/aromatic N) is 1. The van der Waals surface area contributed by atoms with Crippen LogP contribution in [0.1, 0.15) is 35.7 Å². The molecule has 1 N–H and O–H groups in total. The van der Waals surface area contributed by atoms with Crippen molar-refractivity contribution in [1.29, 1.82) is 0 Å². The highest BCUT2D eigenvalue weighted by molar-refractivity contribution is 6.30. The number of aryl methyl sites for hydroxylation is 2. The second-order valence-corrected chi connectivity index (χ2v) is 7.30. The summed E-state index contributed by atoms with van der Waals surface area (Å²) < 4.78 is 15.9. The molecular weight excluding hydrogens is 335 g/mol. The van der Waals surface area contributed by atoms with E-state index in [9.17, 15) is 4.39 Å². The van der Waals surface area contributed by atoms with E-state index in [1.165, 1.54) is 16.8 Å². The van der Waals surface area contributed by atoms with Crippen LogP contribution in [-0.2, 0) is 19.9 Å². The predicted octanol–water partition coefficient (Wildman–Crippen LogP) is 5.18. The van der Waals surface area contributed by atoms with E-state index in [-0.39, 0.29) is 5.82 Å². The van der Waals surface area contributed by atoms with Gasteiger partial charge < -0.3 is 9.88 Å². The summed E-state index contributed by atoms with van der Waals surface area (Å²) in [6.45, 7) is 0.918. The van der Waals surface area contributed by atoms with Crippen molar-refractivity contribution in [3.63, 3.8) is 0 Å². The van der Waals surface area contributed by atoms with E-state index in [0.29, 0.717) is 6.04 Å². The Hall–Kier alpha value is -1.84. The van der Waals surface area contributed by atoms with E-state index in [2.05, 4.69) is 29.1 Å².